The summed E-state index contributed by atoms with van der Waals surface area (Å²) in [6.45, 7) is 5.21. The van der Waals surface area contributed by atoms with Gasteiger partial charge in [-0.05, 0) is 51.1 Å². The molecule has 0 unspecified atom stereocenters. The highest BCUT2D eigenvalue weighted by Gasteiger charge is 2.22. The van der Waals surface area contributed by atoms with E-state index in [1.165, 1.54) is 30.7 Å². The number of benzene rings is 1. The first kappa shape index (κ1) is 22.5. The molecule has 0 spiro atoms. The molecule has 0 atom stereocenters. The van der Waals surface area contributed by atoms with Crippen LogP contribution in [0.5, 0.6) is 0 Å². The maximum absolute atomic E-state index is 13.2. The van der Waals surface area contributed by atoms with E-state index in [2.05, 4.69) is 15.4 Å². The minimum atomic E-state index is -3.74. The predicted octanol–water partition coefficient (Wildman–Crippen LogP) is 4.37. The molecule has 1 N–H and O–H groups in total. The van der Waals surface area contributed by atoms with E-state index < -0.39 is 21.7 Å². The lowest BCUT2D eigenvalue weighted by Crippen LogP contribution is -2.27. The maximum Gasteiger partial charge on any atom is 0.435 e. The Morgan fingerprint density at radius 3 is 2.45 bits per heavy atom. The van der Waals surface area contributed by atoms with Crippen LogP contribution in [0.3, 0.4) is 0 Å². The molecule has 0 aliphatic carbocycles. The van der Waals surface area contributed by atoms with Gasteiger partial charge in [0.2, 0.25) is 10.0 Å². The van der Waals surface area contributed by atoms with Gasteiger partial charge in [0.15, 0.2) is 0 Å². The first-order chi connectivity index (χ1) is 15.4. The van der Waals surface area contributed by atoms with E-state index in [-0.39, 0.29) is 5.82 Å². The number of hydrogen-bond donors (Lipinski definition) is 1. The fourth-order valence-corrected chi connectivity index (χ4v) is 4.28. The normalized spacial score (nSPS) is 12.2. The third-order valence-electron chi connectivity index (χ3n) is 4.55. The zero-order valence-corrected chi connectivity index (χ0v) is 19.2. The molecule has 1 aromatic carbocycles. The summed E-state index contributed by atoms with van der Waals surface area (Å²) in [5, 5.41) is 7.63. The number of hydrogen-bond acceptors (Lipinski definition) is 7. The molecule has 0 saturated carbocycles. The number of nitrogens with one attached hydrogen (secondary N) is 1. The number of fused-ring (bicyclic) bond motifs is 1. The lowest BCUT2D eigenvalue weighted by molar-refractivity contribution is 0.0514. The van der Waals surface area contributed by atoms with Gasteiger partial charge in [0.05, 0.1) is 23.7 Å². The number of anilines is 2. The van der Waals surface area contributed by atoms with Crippen molar-refractivity contribution in [3.05, 3.63) is 60.8 Å². The number of nitrogens with zero attached hydrogens (tertiary/aromatic N) is 4. The van der Waals surface area contributed by atoms with E-state index in [0.717, 1.165) is 14.9 Å². The van der Waals surface area contributed by atoms with Crippen molar-refractivity contribution in [1.29, 1.82) is 0 Å². The van der Waals surface area contributed by atoms with Gasteiger partial charge in [-0.2, -0.15) is 9.78 Å². The van der Waals surface area contributed by atoms with Gasteiger partial charge in [-0.3, -0.25) is 0 Å². The minimum absolute atomic E-state index is 0.322. The number of carbonyl (C=O) groups is 1. The molecule has 0 aliphatic heterocycles. The Bertz CT molecular complexity index is 1450. The van der Waals surface area contributed by atoms with Crippen molar-refractivity contribution in [2.24, 2.45) is 0 Å². The van der Waals surface area contributed by atoms with Crippen molar-refractivity contribution in [3.8, 4) is 11.3 Å². The van der Waals surface area contributed by atoms with Crippen LogP contribution >= 0.6 is 0 Å². The van der Waals surface area contributed by atoms with Crippen LogP contribution in [0, 0.1) is 5.82 Å². The molecule has 3 aromatic heterocycles. The molecular weight excluding hydrogens is 449 g/mol. The fraction of sp³-hybridized carbons (Fsp3) is 0.227. The third-order valence-corrected chi connectivity index (χ3v) is 5.61. The van der Waals surface area contributed by atoms with E-state index in [0.29, 0.717) is 33.7 Å². The molecule has 33 heavy (non-hydrogen) atoms. The Morgan fingerprint density at radius 2 is 1.82 bits per heavy atom. The van der Waals surface area contributed by atoms with Gasteiger partial charge in [-0.15, -0.1) is 0 Å². The molecule has 4 aromatic rings. The minimum Gasteiger partial charge on any atom is -0.442 e. The summed E-state index contributed by atoms with van der Waals surface area (Å²) in [7, 11) is -3.74. The third kappa shape index (κ3) is 4.87. The lowest BCUT2D eigenvalue weighted by Gasteiger charge is -2.18. The summed E-state index contributed by atoms with van der Waals surface area (Å²) in [6.07, 6.45) is 4.75. The Labute approximate surface area is 189 Å². The first-order valence-corrected chi connectivity index (χ1v) is 11.8. The van der Waals surface area contributed by atoms with Crippen molar-refractivity contribution in [3.63, 3.8) is 0 Å². The maximum atomic E-state index is 13.2. The molecule has 11 heteroatoms. The number of halogens is 1. The number of carbonyl (C=O) groups excluding carboxylic acids is 1. The quantitative estimate of drug-likeness (QED) is 0.471. The first-order valence-electron chi connectivity index (χ1n) is 9.94. The van der Waals surface area contributed by atoms with E-state index in [9.17, 15) is 17.6 Å². The molecule has 0 aliphatic rings. The van der Waals surface area contributed by atoms with Crippen LogP contribution < -0.4 is 5.32 Å². The van der Waals surface area contributed by atoms with Crippen LogP contribution in [-0.2, 0) is 14.8 Å². The van der Waals surface area contributed by atoms with Gasteiger partial charge in [0, 0.05) is 35.1 Å². The van der Waals surface area contributed by atoms with Gasteiger partial charge < -0.3 is 10.1 Å². The average Bonchev–Trinajstić information content (AvgIpc) is 3.32. The lowest BCUT2D eigenvalue weighted by atomic mass is 10.2. The Kier molecular flexibility index (Phi) is 5.44. The molecule has 172 valence electrons. The molecular formula is C22H22FN5O4S. The van der Waals surface area contributed by atoms with E-state index in [1.807, 2.05) is 0 Å². The molecule has 0 fully saturated rings. The van der Waals surface area contributed by atoms with Crippen molar-refractivity contribution in [2.45, 2.75) is 26.4 Å². The van der Waals surface area contributed by atoms with Gasteiger partial charge >= 0.3 is 6.09 Å². The van der Waals surface area contributed by atoms with Crippen LogP contribution in [0.1, 0.15) is 20.8 Å². The number of rotatable bonds is 4. The largest absolute Gasteiger partial charge is 0.442 e. The van der Waals surface area contributed by atoms with Crippen molar-refractivity contribution in [1.82, 2.24) is 18.7 Å². The Balaban J connectivity index is 1.76. The van der Waals surface area contributed by atoms with Crippen molar-refractivity contribution in [2.75, 3.05) is 11.6 Å². The second-order valence-corrected chi connectivity index (χ2v) is 10.3. The highest BCUT2D eigenvalue weighted by molar-refractivity contribution is 7.89. The van der Waals surface area contributed by atoms with E-state index >= 15 is 0 Å². The summed E-state index contributed by atoms with van der Waals surface area (Å²) in [4.78, 5) is 16.6. The van der Waals surface area contributed by atoms with Crippen LogP contribution in [0.15, 0.2) is 55.0 Å². The standard InChI is InChI=1S/C22H22FN5O4S/c1-22(2,3)32-21(29)27-13-15(12-25-27)18-9-14-11-24-20(10-19(14)28(18)33(4,30)31)26-17-7-5-16(23)6-8-17/h5-13H,1-4H3,(H,24,26). The number of aromatic nitrogens is 4. The second-order valence-electron chi connectivity index (χ2n) is 8.47. The SMILES string of the molecule is CC(C)(C)OC(=O)n1cc(-c2cc3cnc(Nc4ccc(F)cc4)cc3n2S(C)(=O)=O)cn1. The molecule has 9 nitrogen and oxygen atoms in total. The monoisotopic (exact) mass is 471 g/mol. The van der Waals surface area contributed by atoms with Crippen LogP contribution in [0.2, 0.25) is 0 Å². The highest BCUT2D eigenvalue weighted by atomic mass is 32.2. The fourth-order valence-electron chi connectivity index (χ4n) is 3.25. The molecule has 3 heterocycles. The topological polar surface area (TPSA) is 108 Å². The summed E-state index contributed by atoms with van der Waals surface area (Å²) >= 11 is 0. The Morgan fingerprint density at radius 1 is 1.12 bits per heavy atom. The van der Waals surface area contributed by atoms with Crippen LogP contribution in [0.25, 0.3) is 22.2 Å². The summed E-state index contributed by atoms with van der Waals surface area (Å²) < 4.78 is 46.0. The average molecular weight is 472 g/mol. The molecule has 4 rings (SSSR count). The summed E-state index contributed by atoms with van der Waals surface area (Å²) in [5.74, 6) is 0.0135. The van der Waals surface area contributed by atoms with Crippen LogP contribution in [0.4, 0.5) is 20.7 Å². The van der Waals surface area contributed by atoms with E-state index in [1.54, 1.807) is 45.0 Å². The molecule has 0 amide bonds. The molecule has 0 saturated heterocycles. The van der Waals surface area contributed by atoms with Crippen LogP contribution in [-0.4, -0.2) is 45.1 Å². The summed E-state index contributed by atoms with van der Waals surface area (Å²) in [6, 6.07) is 8.95. The van der Waals surface area contributed by atoms with Gasteiger partial charge in [0.1, 0.15) is 17.2 Å². The Hall–Kier alpha value is -3.73. The second kappa shape index (κ2) is 8.00. The number of pyridine rings is 1. The van der Waals surface area contributed by atoms with Gasteiger partial charge in [-0.1, -0.05) is 0 Å². The number of ether oxygens (including phenoxy) is 1. The van der Waals surface area contributed by atoms with Gasteiger partial charge in [-0.25, -0.2) is 26.6 Å². The molecule has 0 radical (unpaired) electrons. The summed E-state index contributed by atoms with van der Waals surface area (Å²) in [5.41, 5.74) is 1.01. The zero-order chi connectivity index (χ0) is 24.0. The van der Waals surface area contributed by atoms with Crippen molar-refractivity contribution >= 4 is 38.5 Å². The smallest absolute Gasteiger partial charge is 0.435 e. The highest BCUT2D eigenvalue weighted by Crippen LogP contribution is 2.31. The van der Waals surface area contributed by atoms with Crippen molar-refractivity contribution < 1.29 is 22.3 Å². The molecule has 0 bridgehead atoms. The van der Waals surface area contributed by atoms with E-state index in [4.69, 9.17) is 4.74 Å². The predicted molar refractivity (Wildman–Crippen MR) is 123 cm³/mol. The zero-order valence-electron chi connectivity index (χ0n) is 18.4. The van der Waals surface area contributed by atoms with Gasteiger partial charge in [0.25, 0.3) is 0 Å².